The first-order valence-corrected chi connectivity index (χ1v) is 13.5. The van der Waals surface area contributed by atoms with Crippen LogP contribution in [0.25, 0.3) is 0 Å². The Kier molecular flexibility index (Phi) is 8.65. The molecule has 2 aromatic heterocycles. The van der Waals surface area contributed by atoms with Gasteiger partial charge in [-0.15, -0.1) is 11.3 Å². The predicted molar refractivity (Wildman–Crippen MR) is 127 cm³/mol. The third-order valence-electron chi connectivity index (χ3n) is 6.49. The summed E-state index contributed by atoms with van der Waals surface area (Å²) in [6.45, 7) is 4.38. The van der Waals surface area contributed by atoms with Crippen LogP contribution in [0.1, 0.15) is 53.4 Å². The van der Waals surface area contributed by atoms with Gasteiger partial charge in [0, 0.05) is 35.8 Å². The van der Waals surface area contributed by atoms with Gasteiger partial charge in [0.1, 0.15) is 0 Å². The van der Waals surface area contributed by atoms with E-state index in [4.69, 9.17) is 4.74 Å². The molecule has 0 radical (unpaired) electrons. The maximum atomic E-state index is 12.3. The SMILES string of the molecule is Cc1nc(CC(=O)NC2CCC(CCN3CCc4nc(OCC(F)F)sc4CC3)CC2)cs1. The second-order valence-corrected chi connectivity index (χ2v) is 11.1. The molecule has 0 bridgehead atoms. The van der Waals surface area contributed by atoms with Gasteiger partial charge < -0.3 is 15.0 Å². The fourth-order valence-corrected chi connectivity index (χ4v) is 6.26. The molecule has 10 heteroatoms. The standard InChI is InChI=1S/C23H32F2N4O2S2/c1-15-26-18(14-32-15)12-22(30)27-17-4-2-16(3-5-17)6-9-29-10-7-19-20(8-11-29)33-23(28-19)31-13-21(24)25/h14,16-17,21H,2-13H2,1H3,(H,27,30). The van der Waals surface area contributed by atoms with E-state index in [9.17, 15) is 13.6 Å². The Morgan fingerprint density at radius 2 is 2.03 bits per heavy atom. The van der Waals surface area contributed by atoms with Crippen molar-refractivity contribution in [2.24, 2.45) is 5.92 Å². The number of nitrogens with zero attached hydrogens (tertiary/aromatic N) is 3. The van der Waals surface area contributed by atoms with Crippen LogP contribution in [0, 0.1) is 12.8 Å². The Morgan fingerprint density at radius 1 is 1.24 bits per heavy atom. The number of carbonyl (C=O) groups excluding carboxylic acids is 1. The number of fused-ring (bicyclic) bond motifs is 1. The fraction of sp³-hybridized carbons (Fsp3) is 0.696. The van der Waals surface area contributed by atoms with Crippen molar-refractivity contribution in [1.29, 1.82) is 0 Å². The van der Waals surface area contributed by atoms with Crippen molar-refractivity contribution in [3.8, 4) is 5.19 Å². The van der Waals surface area contributed by atoms with Crippen molar-refractivity contribution in [2.45, 2.75) is 70.8 Å². The average molecular weight is 499 g/mol. The molecule has 6 nitrogen and oxygen atoms in total. The van der Waals surface area contributed by atoms with E-state index < -0.39 is 13.0 Å². The van der Waals surface area contributed by atoms with Gasteiger partial charge in [0.25, 0.3) is 11.6 Å². The number of nitrogens with one attached hydrogen (secondary N) is 1. The minimum atomic E-state index is -2.47. The van der Waals surface area contributed by atoms with Crippen LogP contribution in [0.5, 0.6) is 5.19 Å². The van der Waals surface area contributed by atoms with Crippen LogP contribution < -0.4 is 10.1 Å². The Hall–Kier alpha value is -1.65. The Balaban J connectivity index is 1.13. The van der Waals surface area contributed by atoms with E-state index >= 15 is 0 Å². The van der Waals surface area contributed by atoms with Gasteiger partial charge in [-0.05, 0) is 57.9 Å². The number of amides is 1. The van der Waals surface area contributed by atoms with Gasteiger partial charge in [0.15, 0.2) is 6.61 Å². The molecule has 0 saturated heterocycles. The molecule has 1 aliphatic carbocycles. The number of thiazole rings is 2. The van der Waals surface area contributed by atoms with Crippen molar-refractivity contribution >= 4 is 28.6 Å². The number of carbonyl (C=O) groups is 1. The summed E-state index contributed by atoms with van der Waals surface area (Å²) in [6, 6.07) is 0.287. The zero-order chi connectivity index (χ0) is 23.2. The Morgan fingerprint density at radius 3 is 2.76 bits per heavy atom. The Bertz CT molecular complexity index is 887. The monoisotopic (exact) mass is 498 g/mol. The van der Waals surface area contributed by atoms with Crippen molar-refractivity contribution in [2.75, 3.05) is 26.2 Å². The smallest absolute Gasteiger partial charge is 0.273 e. The zero-order valence-corrected chi connectivity index (χ0v) is 20.7. The molecule has 4 rings (SSSR count). The first-order chi connectivity index (χ1) is 15.9. The molecule has 1 amide bonds. The summed E-state index contributed by atoms with van der Waals surface area (Å²) < 4.78 is 29.8. The molecule has 2 aromatic rings. The molecule has 3 heterocycles. The van der Waals surface area contributed by atoms with Crippen molar-refractivity contribution < 1.29 is 18.3 Å². The summed E-state index contributed by atoms with van der Waals surface area (Å²) in [5.74, 6) is 0.793. The van der Waals surface area contributed by atoms with Crippen LogP contribution in [-0.2, 0) is 24.1 Å². The third-order valence-corrected chi connectivity index (χ3v) is 8.38. The first-order valence-electron chi connectivity index (χ1n) is 11.8. The number of aryl methyl sites for hydroxylation is 1. The van der Waals surface area contributed by atoms with Gasteiger partial charge in [-0.25, -0.2) is 18.7 Å². The van der Waals surface area contributed by atoms with Crippen LogP contribution in [-0.4, -0.2) is 59.5 Å². The second kappa shape index (κ2) is 11.7. The largest absolute Gasteiger partial charge is 0.464 e. The van der Waals surface area contributed by atoms with E-state index in [1.165, 1.54) is 22.6 Å². The lowest BCUT2D eigenvalue weighted by molar-refractivity contribution is -0.121. The molecule has 1 saturated carbocycles. The molecule has 0 spiro atoms. The molecule has 1 N–H and O–H groups in total. The highest BCUT2D eigenvalue weighted by Crippen LogP contribution is 2.30. The minimum Gasteiger partial charge on any atom is -0.464 e. The second-order valence-electron chi connectivity index (χ2n) is 9.00. The highest BCUT2D eigenvalue weighted by molar-refractivity contribution is 7.13. The lowest BCUT2D eigenvalue weighted by Crippen LogP contribution is -2.39. The van der Waals surface area contributed by atoms with Gasteiger partial charge in [-0.1, -0.05) is 11.3 Å². The number of aromatic nitrogens is 2. The molecule has 0 aromatic carbocycles. The number of halogens is 2. The van der Waals surface area contributed by atoms with Crippen molar-refractivity contribution in [1.82, 2.24) is 20.2 Å². The zero-order valence-electron chi connectivity index (χ0n) is 19.0. The molecule has 0 atom stereocenters. The van der Waals surface area contributed by atoms with Crippen LogP contribution >= 0.6 is 22.7 Å². The van der Waals surface area contributed by atoms with E-state index in [1.807, 2.05) is 12.3 Å². The molecule has 1 aliphatic heterocycles. The van der Waals surface area contributed by atoms with Crippen LogP contribution in [0.15, 0.2) is 5.38 Å². The minimum absolute atomic E-state index is 0.0807. The predicted octanol–water partition coefficient (Wildman–Crippen LogP) is 4.26. The average Bonchev–Trinajstić information content (AvgIpc) is 3.32. The Labute approximate surface area is 201 Å². The summed E-state index contributed by atoms with van der Waals surface area (Å²) in [5, 5.41) is 6.53. The van der Waals surface area contributed by atoms with E-state index in [-0.39, 0.29) is 11.9 Å². The van der Waals surface area contributed by atoms with Gasteiger partial charge in [0.05, 0.1) is 22.8 Å². The summed E-state index contributed by atoms with van der Waals surface area (Å²) in [6.07, 6.45) is 5.27. The fourth-order valence-electron chi connectivity index (χ4n) is 4.70. The topological polar surface area (TPSA) is 67.4 Å². The molecule has 1 fully saturated rings. The van der Waals surface area contributed by atoms with Gasteiger partial charge in [-0.2, -0.15) is 0 Å². The quantitative estimate of drug-likeness (QED) is 0.560. The molecule has 182 valence electrons. The van der Waals surface area contributed by atoms with E-state index in [1.54, 1.807) is 11.3 Å². The van der Waals surface area contributed by atoms with Gasteiger partial charge in [0.2, 0.25) is 5.91 Å². The maximum absolute atomic E-state index is 12.3. The summed E-state index contributed by atoms with van der Waals surface area (Å²) in [5.41, 5.74) is 1.87. The number of hydrogen-bond acceptors (Lipinski definition) is 7. The summed E-state index contributed by atoms with van der Waals surface area (Å²) in [7, 11) is 0. The number of alkyl halides is 2. The summed E-state index contributed by atoms with van der Waals surface area (Å²) in [4.78, 5) is 24.8. The maximum Gasteiger partial charge on any atom is 0.273 e. The van der Waals surface area contributed by atoms with Crippen LogP contribution in [0.4, 0.5) is 8.78 Å². The molecule has 0 unspecified atom stereocenters. The molecule has 2 aliphatic rings. The highest BCUT2D eigenvalue weighted by atomic mass is 32.1. The molecular weight excluding hydrogens is 466 g/mol. The summed E-state index contributed by atoms with van der Waals surface area (Å²) >= 11 is 3.00. The molecular formula is C23H32F2N4O2S2. The van der Waals surface area contributed by atoms with E-state index in [0.29, 0.717) is 17.5 Å². The third kappa shape index (κ3) is 7.42. The highest BCUT2D eigenvalue weighted by Gasteiger charge is 2.24. The lowest BCUT2D eigenvalue weighted by Gasteiger charge is -2.30. The number of ether oxygens (including phenoxy) is 1. The van der Waals surface area contributed by atoms with E-state index in [2.05, 4.69) is 20.2 Å². The normalized spacial score (nSPS) is 21.6. The number of rotatable bonds is 9. The number of hydrogen-bond donors (Lipinski definition) is 1. The first kappa shape index (κ1) is 24.5. The van der Waals surface area contributed by atoms with Gasteiger partial charge in [-0.3, -0.25) is 4.79 Å². The van der Waals surface area contributed by atoms with E-state index in [0.717, 1.165) is 74.6 Å². The van der Waals surface area contributed by atoms with Crippen LogP contribution in [0.3, 0.4) is 0 Å². The van der Waals surface area contributed by atoms with Crippen LogP contribution in [0.2, 0.25) is 0 Å². The van der Waals surface area contributed by atoms with Gasteiger partial charge >= 0.3 is 0 Å². The lowest BCUT2D eigenvalue weighted by atomic mass is 9.84. The van der Waals surface area contributed by atoms with Crippen molar-refractivity contribution in [3.63, 3.8) is 0 Å². The molecule has 33 heavy (non-hydrogen) atoms. The van der Waals surface area contributed by atoms with Crippen molar-refractivity contribution in [3.05, 3.63) is 26.7 Å².